The molecule has 1 aliphatic heterocycles. The van der Waals surface area contributed by atoms with E-state index in [-0.39, 0.29) is 18.1 Å². The smallest absolute Gasteiger partial charge is 0.323 e. The number of carbonyl (C=O) groups is 1. The fraction of sp³-hybridized carbons (Fsp3) is 0.923. The molecule has 1 saturated carbocycles. The van der Waals surface area contributed by atoms with E-state index in [0.29, 0.717) is 18.4 Å². The zero-order valence-electron chi connectivity index (χ0n) is 10.7. The highest BCUT2D eigenvalue weighted by molar-refractivity contribution is 5.76. The van der Waals surface area contributed by atoms with Crippen LogP contribution in [0.2, 0.25) is 0 Å². The molecular weight excluding hydrogens is 218 g/mol. The van der Waals surface area contributed by atoms with E-state index in [2.05, 4.69) is 19.2 Å². The van der Waals surface area contributed by atoms with Crippen LogP contribution < -0.4 is 5.32 Å². The number of carbonyl (C=O) groups excluding carboxylic acids is 1. The average molecular weight is 241 g/mol. The van der Waals surface area contributed by atoms with Crippen LogP contribution in [0.25, 0.3) is 0 Å². The van der Waals surface area contributed by atoms with E-state index in [9.17, 15) is 9.90 Å². The number of aliphatic hydroxyl groups is 1. The molecule has 0 radical (unpaired) electrons. The molecule has 2 atom stereocenters. The number of hydrogen-bond donors (Lipinski definition) is 2. The average Bonchev–Trinajstić information content (AvgIpc) is 2.68. The number of esters is 1. The molecule has 1 saturated heterocycles. The lowest BCUT2D eigenvalue weighted by Crippen LogP contribution is -2.36. The van der Waals surface area contributed by atoms with Gasteiger partial charge in [-0.05, 0) is 31.1 Å². The van der Waals surface area contributed by atoms with Gasteiger partial charge in [0.15, 0.2) is 0 Å². The van der Waals surface area contributed by atoms with Gasteiger partial charge in [0.05, 0.1) is 6.10 Å². The molecule has 0 aromatic carbocycles. The third kappa shape index (κ3) is 3.42. The molecule has 1 aliphatic carbocycles. The Morgan fingerprint density at radius 2 is 2.00 bits per heavy atom. The minimum Gasteiger partial charge on any atom is -0.461 e. The number of ether oxygens (including phenoxy) is 1. The summed E-state index contributed by atoms with van der Waals surface area (Å²) in [4.78, 5) is 11.8. The predicted molar refractivity (Wildman–Crippen MR) is 64.5 cm³/mol. The predicted octanol–water partition coefficient (Wildman–Crippen LogP) is 1.22. The highest BCUT2D eigenvalue weighted by Gasteiger charge is 2.33. The molecule has 0 aromatic heterocycles. The van der Waals surface area contributed by atoms with Gasteiger partial charge >= 0.3 is 5.97 Å². The monoisotopic (exact) mass is 241 g/mol. The van der Waals surface area contributed by atoms with Gasteiger partial charge in [-0.2, -0.15) is 0 Å². The van der Waals surface area contributed by atoms with Crippen molar-refractivity contribution < 1.29 is 14.6 Å². The van der Waals surface area contributed by atoms with Crippen molar-refractivity contribution in [3.05, 3.63) is 0 Å². The van der Waals surface area contributed by atoms with Gasteiger partial charge in [-0.15, -0.1) is 0 Å². The van der Waals surface area contributed by atoms with E-state index in [4.69, 9.17) is 4.74 Å². The number of rotatable bonds is 2. The summed E-state index contributed by atoms with van der Waals surface area (Å²) in [6.07, 6.45) is 4.32. The Morgan fingerprint density at radius 1 is 1.35 bits per heavy atom. The first kappa shape index (κ1) is 12.8. The van der Waals surface area contributed by atoms with Crippen LogP contribution in [-0.2, 0) is 9.53 Å². The number of aliphatic hydroxyl groups excluding tert-OH is 1. The van der Waals surface area contributed by atoms with Crippen LogP contribution in [0.4, 0.5) is 0 Å². The molecule has 17 heavy (non-hydrogen) atoms. The normalized spacial score (nSPS) is 33.6. The Hall–Kier alpha value is -0.610. The summed E-state index contributed by atoms with van der Waals surface area (Å²) in [5.41, 5.74) is 0.394. The third-order valence-electron chi connectivity index (χ3n) is 3.96. The summed E-state index contributed by atoms with van der Waals surface area (Å²) < 4.78 is 5.50. The van der Waals surface area contributed by atoms with Gasteiger partial charge in [0, 0.05) is 13.0 Å². The summed E-state index contributed by atoms with van der Waals surface area (Å²) >= 11 is 0. The van der Waals surface area contributed by atoms with Gasteiger partial charge < -0.3 is 15.2 Å². The largest absolute Gasteiger partial charge is 0.461 e. The second-order valence-electron chi connectivity index (χ2n) is 6.15. The molecule has 4 nitrogen and oxygen atoms in total. The SMILES string of the molecule is CC1(C)CCC(OC(=O)[C@@H]2CC(O)CN2)CC1. The fourth-order valence-electron chi connectivity index (χ4n) is 2.63. The first-order chi connectivity index (χ1) is 7.96. The van der Waals surface area contributed by atoms with Crippen molar-refractivity contribution in [2.45, 2.75) is 64.2 Å². The molecular formula is C13H23NO3. The molecule has 1 unspecified atom stereocenters. The minimum atomic E-state index is -0.405. The zero-order valence-corrected chi connectivity index (χ0v) is 10.7. The summed E-state index contributed by atoms with van der Waals surface area (Å²) in [6.45, 7) is 5.03. The van der Waals surface area contributed by atoms with Crippen molar-refractivity contribution in [2.24, 2.45) is 5.41 Å². The van der Waals surface area contributed by atoms with Crippen molar-refractivity contribution in [1.82, 2.24) is 5.32 Å². The van der Waals surface area contributed by atoms with Crippen LogP contribution in [0, 0.1) is 5.41 Å². The van der Waals surface area contributed by atoms with E-state index < -0.39 is 6.10 Å². The number of hydrogen-bond acceptors (Lipinski definition) is 4. The maximum atomic E-state index is 11.8. The third-order valence-corrected chi connectivity index (χ3v) is 3.96. The van der Waals surface area contributed by atoms with Crippen LogP contribution >= 0.6 is 0 Å². The Balaban J connectivity index is 1.76. The minimum absolute atomic E-state index is 0.0788. The van der Waals surface area contributed by atoms with Crippen molar-refractivity contribution in [3.63, 3.8) is 0 Å². The van der Waals surface area contributed by atoms with Crippen LogP contribution in [0.15, 0.2) is 0 Å². The first-order valence-corrected chi connectivity index (χ1v) is 6.58. The molecule has 1 heterocycles. The lowest BCUT2D eigenvalue weighted by molar-refractivity contribution is -0.153. The lowest BCUT2D eigenvalue weighted by Gasteiger charge is -2.34. The molecule has 0 spiro atoms. The standard InChI is InChI=1S/C13H23NO3/c1-13(2)5-3-10(4-6-13)17-12(16)11-7-9(15)8-14-11/h9-11,14-15H,3-8H2,1-2H3/t9?,11-/m0/s1. The van der Waals surface area contributed by atoms with Gasteiger partial charge in [0.1, 0.15) is 12.1 Å². The summed E-state index contributed by atoms with van der Waals surface area (Å²) in [6, 6.07) is -0.306. The maximum Gasteiger partial charge on any atom is 0.323 e. The van der Waals surface area contributed by atoms with Crippen LogP contribution in [0.3, 0.4) is 0 Å². The highest BCUT2D eigenvalue weighted by Crippen LogP contribution is 2.36. The zero-order chi connectivity index (χ0) is 12.5. The van der Waals surface area contributed by atoms with E-state index in [1.807, 2.05) is 0 Å². The Bertz CT molecular complexity index is 280. The Morgan fingerprint density at radius 3 is 2.53 bits per heavy atom. The second kappa shape index (κ2) is 4.94. The van der Waals surface area contributed by atoms with E-state index in [1.165, 1.54) is 0 Å². The van der Waals surface area contributed by atoms with E-state index in [1.54, 1.807) is 0 Å². The molecule has 2 N–H and O–H groups in total. The van der Waals surface area contributed by atoms with Gasteiger partial charge in [0.2, 0.25) is 0 Å². The van der Waals surface area contributed by atoms with Crippen molar-refractivity contribution in [2.75, 3.05) is 6.54 Å². The van der Waals surface area contributed by atoms with Crippen molar-refractivity contribution in [3.8, 4) is 0 Å². The Kier molecular flexibility index (Phi) is 3.73. The Labute approximate surface area is 103 Å². The number of nitrogens with one attached hydrogen (secondary N) is 1. The van der Waals surface area contributed by atoms with Crippen LogP contribution in [-0.4, -0.2) is 35.9 Å². The molecule has 0 aromatic rings. The first-order valence-electron chi connectivity index (χ1n) is 6.58. The summed E-state index contributed by atoms with van der Waals surface area (Å²) in [7, 11) is 0. The van der Waals surface area contributed by atoms with Gasteiger partial charge in [0.25, 0.3) is 0 Å². The molecule has 2 fully saturated rings. The summed E-state index contributed by atoms with van der Waals surface area (Å²) in [5.74, 6) is -0.189. The van der Waals surface area contributed by atoms with Crippen molar-refractivity contribution in [1.29, 1.82) is 0 Å². The van der Waals surface area contributed by atoms with Crippen LogP contribution in [0.1, 0.15) is 46.0 Å². The van der Waals surface area contributed by atoms with Gasteiger partial charge in [-0.3, -0.25) is 4.79 Å². The maximum absolute atomic E-state index is 11.8. The topological polar surface area (TPSA) is 58.6 Å². The van der Waals surface area contributed by atoms with Crippen LogP contribution in [0.5, 0.6) is 0 Å². The summed E-state index contributed by atoms with van der Waals surface area (Å²) in [5, 5.41) is 12.3. The highest BCUT2D eigenvalue weighted by atomic mass is 16.5. The van der Waals surface area contributed by atoms with E-state index in [0.717, 1.165) is 25.7 Å². The molecule has 2 rings (SSSR count). The van der Waals surface area contributed by atoms with Gasteiger partial charge in [-0.1, -0.05) is 13.8 Å². The quantitative estimate of drug-likeness (QED) is 0.714. The molecule has 0 amide bonds. The van der Waals surface area contributed by atoms with E-state index >= 15 is 0 Å². The fourth-order valence-corrected chi connectivity index (χ4v) is 2.63. The molecule has 98 valence electrons. The second-order valence-corrected chi connectivity index (χ2v) is 6.15. The lowest BCUT2D eigenvalue weighted by atomic mass is 9.76. The van der Waals surface area contributed by atoms with Crippen molar-refractivity contribution >= 4 is 5.97 Å². The molecule has 4 heteroatoms. The van der Waals surface area contributed by atoms with Gasteiger partial charge in [-0.25, -0.2) is 0 Å². The molecule has 0 bridgehead atoms. The molecule has 2 aliphatic rings. The number of β-amino-alcohol motifs (C(OH)–C–C–N with tert-alkyl or cyclic N) is 1.